The topological polar surface area (TPSA) is 117 Å². The van der Waals surface area contributed by atoms with Gasteiger partial charge < -0.3 is 19.7 Å². The Morgan fingerprint density at radius 2 is 1.84 bits per heavy atom. The zero-order valence-corrected chi connectivity index (χ0v) is 22.0. The molecule has 1 aromatic heterocycles. The van der Waals surface area contributed by atoms with Gasteiger partial charge in [0.15, 0.2) is 5.82 Å². The number of imidazole rings is 1. The van der Waals surface area contributed by atoms with E-state index in [1.165, 1.54) is 6.07 Å². The lowest BCUT2D eigenvalue weighted by Gasteiger charge is -2.19. The molecule has 194 valence electrons. The van der Waals surface area contributed by atoms with Gasteiger partial charge in [-0.2, -0.15) is 5.26 Å². The Balaban J connectivity index is 1.71. The number of amides is 1. The molecule has 1 amide bonds. The first-order chi connectivity index (χ1) is 17.6. The molecule has 2 N–H and O–H groups in total. The van der Waals surface area contributed by atoms with E-state index in [4.69, 9.17) is 4.74 Å². The molecule has 0 saturated heterocycles. The van der Waals surface area contributed by atoms with E-state index in [0.717, 1.165) is 16.8 Å². The molecule has 1 heterocycles. The van der Waals surface area contributed by atoms with Crippen LogP contribution >= 0.6 is 0 Å². The van der Waals surface area contributed by atoms with Crippen molar-refractivity contribution in [2.45, 2.75) is 52.7 Å². The molecule has 0 aliphatic carbocycles. The first-order valence-electron chi connectivity index (χ1n) is 12.4. The lowest BCUT2D eigenvalue weighted by Crippen LogP contribution is -2.37. The number of aromatic nitrogens is 2. The summed E-state index contributed by atoms with van der Waals surface area (Å²) in [6, 6.07) is 14.3. The number of carbonyl (C=O) groups excluding carboxylic acids is 2. The number of ketones is 1. The summed E-state index contributed by atoms with van der Waals surface area (Å²) < 4.78 is 7.38. The van der Waals surface area contributed by atoms with Gasteiger partial charge in [-0.1, -0.05) is 38.1 Å². The van der Waals surface area contributed by atoms with Crippen LogP contribution in [0.15, 0.2) is 48.7 Å². The highest BCUT2D eigenvalue weighted by atomic mass is 16.5. The van der Waals surface area contributed by atoms with E-state index < -0.39 is 0 Å². The molecule has 0 aliphatic rings. The molecule has 8 nitrogen and oxygen atoms in total. The predicted octanol–water partition coefficient (Wildman–Crippen LogP) is 4.31. The summed E-state index contributed by atoms with van der Waals surface area (Å²) in [5.74, 6) is 0.418. The molecule has 8 heteroatoms. The predicted molar refractivity (Wildman–Crippen MR) is 141 cm³/mol. The van der Waals surface area contributed by atoms with Crippen molar-refractivity contribution in [2.75, 3.05) is 6.61 Å². The molecule has 0 saturated carbocycles. The average Bonchev–Trinajstić information content (AvgIpc) is 3.25. The summed E-state index contributed by atoms with van der Waals surface area (Å²) in [5.41, 5.74) is 3.24. The molecule has 0 radical (unpaired) electrons. The van der Waals surface area contributed by atoms with Crippen LogP contribution in [0.1, 0.15) is 66.2 Å². The molecule has 3 rings (SSSR count). The van der Waals surface area contributed by atoms with Gasteiger partial charge in [0.1, 0.15) is 11.8 Å². The van der Waals surface area contributed by atoms with Crippen molar-refractivity contribution in [3.05, 3.63) is 71.2 Å². The Kier molecular flexibility index (Phi) is 9.20. The molecule has 1 unspecified atom stereocenters. The van der Waals surface area contributed by atoms with E-state index in [-0.39, 0.29) is 36.4 Å². The minimum absolute atomic E-state index is 0.00284. The smallest absolute Gasteiger partial charge is 0.251 e. The normalized spacial score (nSPS) is 11.9. The Morgan fingerprint density at radius 1 is 1.14 bits per heavy atom. The maximum Gasteiger partial charge on any atom is 0.251 e. The van der Waals surface area contributed by atoms with Crippen molar-refractivity contribution >= 4 is 11.7 Å². The Bertz CT molecular complexity index is 1290. The number of aryl methyl sites for hydroxylation is 1. The van der Waals surface area contributed by atoms with Crippen LogP contribution in [-0.2, 0) is 13.5 Å². The van der Waals surface area contributed by atoms with Gasteiger partial charge in [-0.15, -0.1) is 0 Å². The zero-order chi connectivity index (χ0) is 27.1. The second-order valence-electron chi connectivity index (χ2n) is 9.65. The number of rotatable bonds is 11. The standard InChI is InChI=1S/C29H34N4O4/c1-18(2)27(35)28-32-25(17-33(28)5)21-8-6-20(7-9-21)14-24(12-13-34)31-29(36)22-10-11-26(37-19(3)4)23(15-22)16-30/h6-11,15,17-19,24,34H,12-14H2,1-5H3,(H,31,36). The first kappa shape index (κ1) is 27.6. The number of nitriles is 1. The summed E-state index contributed by atoms with van der Waals surface area (Å²) >= 11 is 0. The molecule has 0 bridgehead atoms. The average molecular weight is 503 g/mol. The third-order valence-electron chi connectivity index (χ3n) is 5.89. The number of hydrogen-bond acceptors (Lipinski definition) is 6. The highest BCUT2D eigenvalue weighted by Gasteiger charge is 2.19. The fourth-order valence-corrected chi connectivity index (χ4v) is 3.95. The molecule has 0 spiro atoms. The van der Waals surface area contributed by atoms with Gasteiger partial charge in [0, 0.05) is 42.9 Å². The van der Waals surface area contributed by atoms with E-state index in [0.29, 0.717) is 35.5 Å². The first-order valence-corrected chi connectivity index (χ1v) is 12.4. The molecular formula is C29H34N4O4. The van der Waals surface area contributed by atoms with Crippen LogP contribution in [0.4, 0.5) is 0 Å². The van der Waals surface area contributed by atoms with E-state index in [2.05, 4.69) is 16.4 Å². The lowest BCUT2D eigenvalue weighted by atomic mass is 10.0. The summed E-state index contributed by atoms with van der Waals surface area (Å²) in [5, 5.41) is 22.0. The highest BCUT2D eigenvalue weighted by molar-refractivity contribution is 5.95. The van der Waals surface area contributed by atoms with Gasteiger partial charge in [0.05, 0.1) is 17.4 Å². The van der Waals surface area contributed by atoms with Crippen LogP contribution in [0.2, 0.25) is 0 Å². The number of ether oxygens (including phenoxy) is 1. The van der Waals surface area contributed by atoms with Gasteiger partial charge in [0.25, 0.3) is 5.91 Å². The largest absolute Gasteiger partial charge is 0.490 e. The number of nitrogens with one attached hydrogen (secondary N) is 1. The van der Waals surface area contributed by atoms with E-state index >= 15 is 0 Å². The zero-order valence-electron chi connectivity index (χ0n) is 22.0. The number of benzene rings is 2. The molecule has 0 fully saturated rings. The maximum absolute atomic E-state index is 12.9. The number of carbonyl (C=O) groups is 2. The van der Waals surface area contributed by atoms with Gasteiger partial charge in [-0.25, -0.2) is 4.98 Å². The van der Waals surface area contributed by atoms with Crippen molar-refractivity contribution in [3.63, 3.8) is 0 Å². The van der Waals surface area contributed by atoms with Crippen LogP contribution in [0.5, 0.6) is 5.75 Å². The third kappa shape index (κ3) is 7.05. The van der Waals surface area contributed by atoms with Crippen LogP contribution in [0, 0.1) is 17.2 Å². The van der Waals surface area contributed by atoms with Gasteiger partial charge in [-0.3, -0.25) is 9.59 Å². The third-order valence-corrected chi connectivity index (χ3v) is 5.89. The van der Waals surface area contributed by atoms with E-state index in [1.807, 2.05) is 65.2 Å². The van der Waals surface area contributed by atoms with Crippen molar-refractivity contribution in [2.24, 2.45) is 13.0 Å². The molecule has 37 heavy (non-hydrogen) atoms. The molecule has 2 aromatic carbocycles. The van der Waals surface area contributed by atoms with Crippen molar-refractivity contribution < 1.29 is 19.4 Å². The molecular weight excluding hydrogens is 468 g/mol. The van der Waals surface area contributed by atoms with Gasteiger partial charge in [0.2, 0.25) is 5.78 Å². The molecule has 0 aliphatic heterocycles. The summed E-state index contributed by atoms with van der Waals surface area (Å²) in [4.78, 5) is 29.8. The highest BCUT2D eigenvalue weighted by Crippen LogP contribution is 2.23. The summed E-state index contributed by atoms with van der Waals surface area (Å²) in [7, 11) is 1.81. The minimum Gasteiger partial charge on any atom is -0.490 e. The SMILES string of the molecule is CC(C)Oc1ccc(C(=O)NC(CCO)Cc2ccc(-c3cn(C)c(C(=O)C(C)C)n3)cc2)cc1C#N. The molecule has 1 atom stereocenters. The Morgan fingerprint density at radius 3 is 2.43 bits per heavy atom. The van der Waals surface area contributed by atoms with E-state index in [9.17, 15) is 20.0 Å². The Labute approximate surface area is 217 Å². The van der Waals surface area contributed by atoms with Crippen LogP contribution < -0.4 is 10.1 Å². The number of aliphatic hydroxyl groups excluding tert-OH is 1. The monoisotopic (exact) mass is 502 g/mol. The number of nitrogens with zero attached hydrogens (tertiary/aromatic N) is 3. The number of aliphatic hydroxyl groups is 1. The van der Waals surface area contributed by atoms with E-state index in [1.54, 1.807) is 16.7 Å². The summed E-state index contributed by atoms with van der Waals surface area (Å²) in [6.07, 6.45) is 2.65. The fraction of sp³-hybridized carbons (Fsp3) is 0.379. The molecule has 3 aromatic rings. The maximum atomic E-state index is 12.9. The van der Waals surface area contributed by atoms with Gasteiger partial charge in [-0.05, 0) is 50.5 Å². The second kappa shape index (κ2) is 12.3. The van der Waals surface area contributed by atoms with Gasteiger partial charge >= 0.3 is 0 Å². The Hall–Kier alpha value is -3.96. The lowest BCUT2D eigenvalue weighted by molar-refractivity contribution is 0.0919. The van der Waals surface area contributed by atoms with Crippen molar-refractivity contribution in [3.8, 4) is 23.1 Å². The number of Topliss-reactive ketones (excluding diaryl/α,β-unsaturated/α-hetero) is 1. The van der Waals surface area contributed by atoms with Crippen molar-refractivity contribution in [1.29, 1.82) is 5.26 Å². The quantitative estimate of drug-likeness (QED) is 0.378. The number of hydrogen-bond donors (Lipinski definition) is 2. The van der Waals surface area contributed by atoms with Crippen LogP contribution in [0.3, 0.4) is 0 Å². The second-order valence-corrected chi connectivity index (χ2v) is 9.65. The van der Waals surface area contributed by atoms with Crippen LogP contribution in [0.25, 0.3) is 11.3 Å². The van der Waals surface area contributed by atoms with Crippen molar-refractivity contribution in [1.82, 2.24) is 14.9 Å². The fourth-order valence-electron chi connectivity index (χ4n) is 3.95. The summed E-state index contributed by atoms with van der Waals surface area (Å²) in [6.45, 7) is 7.37. The minimum atomic E-state index is -0.321. The van der Waals surface area contributed by atoms with Crippen LogP contribution in [-0.4, -0.2) is 45.1 Å².